The van der Waals surface area contributed by atoms with Gasteiger partial charge in [0.1, 0.15) is 11.6 Å². The minimum absolute atomic E-state index is 0.0373. The standard InChI is InChI=1S/C15H17F2N3O3S/c16-10-1-9(2-11(17)4-10)3-13(20-15(22)23)14(21)7-18-5-12-6-19-8-24-12/h1-2,4,6,8,13-14,18,20-21H,3,5,7H2,(H,22,23). The van der Waals surface area contributed by atoms with Crippen LogP contribution in [0, 0.1) is 11.6 Å². The van der Waals surface area contributed by atoms with E-state index in [1.807, 2.05) is 0 Å². The van der Waals surface area contributed by atoms with Gasteiger partial charge >= 0.3 is 6.09 Å². The lowest BCUT2D eigenvalue weighted by Crippen LogP contribution is -2.48. The molecule has 1 heterocycles. The third kappa shape index (κ3) is 5.84. The van der Waals surface area contributed by atoms with Gasteiger partial charge in [-0.05, 0) is 24.1 Å². The number of carbonyl (C=O) groups is 1. The van der Waals surface area contributed by atoms with Crippen molar-refractivity contribution >= 4 is 17.4 Å². The lowest BCUT2D eigenvalue weighted by atomic mass is 10.0. The van der Waals surface area contributed by atoms with Crippen LogP contribution in [0.2, 0.25) is 0 Å². The first kappa shape index (κ1) is 18.2. The van der Waals surface area contributed by atoms with Gasteiger partial charge in [-0.15, -0.1) is 11.3 Å². The Balaban J connectivity index is 1.96. The number of aromatic nitrogens is 1. The molecule has 6 nitrogen and oxygen atoms in total. The van der Waals surface area contributed by atoms with Crippen LogP contribution in [0.5, 0.6) is 0 Å². The molecule has 0 aliphatic carbocycles. The van der Waals surface area contributed by atoms with Gasteiger partial charge in [0.2, 0.25) is 0 Å². The van der Waals surface area contributed by atoms with E-state index in [4.69, 9.17) is 5.11 Å². The van der Waals surface area contributed by atoms with E-state index in [1.165, 1.54) is 11.3 Å². The highest BCUT2D eigenvalue weighted by Crippen LogP contribution is 2.12. The average Bonchev–Trinajstić information content (AvgIpc) is 2.98. The van der Waals surface area contributed by atoms with E-state index in [1.54, 1.807) is 11.7 Å². The molecule has 9 heteroatoms. The maximum Gasteiger partial charge on any atom is 0.404 e. The van der Waals surface area contributed by atoms with Gasteiger partial charge < -0.3 is 20.8 Å². The summed E-state index contributed by atoms with van der Waals surface area (Å²) < 4.78 is 26.5. The second-order valence-electron chi connectivity index (χ2n) is 5.20. The summed E-state index contributed by atoms with van der Waals surface area (Å²) in [4.78, 5) is 15.8. The van der Waals surface area contributed by atoms with Crippen molar-refractivity contribution in [3.63, 3.8) is 0 Å². The maximum atomic E-state index is 13.2. The van der Waals surface area contributed by atoms with Gasteiger partial charge in [-0.25, -0.2) is 13.6 Å². The van der Waals surface area contributed by atoms with Crippen LogP contribution in [-0.4, -0.2) is 40.0 Å². The monoisotopic (exact) mass is 357 g/mol. The minimum atomic E-state index is -1.32. The highest BCUT2D eigenvalue weighted by atomic mass is 32.1. The topological polar surface area (TPSA) is 94.5 Å². The fourth-order valence-corrected chi connectivity index (χ4v) is 2.80. The van der Waals surface area contributed by atoms with Gasteiger partial charge in [0.25, 0.3) is 0 Å². The van der Waals surface area contributed by atoms with Crippen molar-refractivity contribution in [1.29, 1.82) is 0 Å². The van der Waals surface area contributed by atoms with Crippen LogP contribution in [0.4, 0.5) is 13.6 Å². The summed E-state index contributed by atoms with van der Waals surface area (Å²) in [6.45, 7) is 0.594. The molecule has 4 N–H and O–H groups in total. The van der Waals surface area contributed by atoms with Crippen molar-refractivity contribution in [2.75, 3.05) is 6.54 Å². The number of hydrogen-bond donors (Lipinski definition) is 4. The lowest BCUT2D eigenvalue weighted by molar-refractivity contribution is 0.117. The third-order valence-electron chi connectivity index (χ3n) is 3.29. The van der Waals surface area contributed by atoms with Crippen LogP contribution in [0.1, 0.15) is 10.4 Å². The smallest absolute Gasteiger partial charge is 0.404 e. The number of aliphatic hydroxyl groups is 1. The summed E-state index contributed by atoms with van der Waals surface area (Å²) in [6.07, 6.45) is -0.740. The lowest BCUT2D eigenvalue weighted by Gasteiger charge is -2.23. The van der Waals surface area contributed by atoms with Gasteiger partial charge in [0, 0.05) is 30.2 Å². The molecule has 2 unspecified atom stereocenters. The average molecular weight is 357 g/mol. The number of halogens is 2. The van der Waals surface area contributed by atoms with Crippen molar-refractivity contribution < 1.29 is 23.8 Å². The quantitative estimate of drug-likeness (QED) is 0.577. The largest absolute Gasteiger partial charge is 0.465 e. The number of aliphatic hydroxyl groups excluding tert-OH is 1. The number of carboxylic acid groups (broad SMARTS) is 1. The second kappa shape index (κ2) is 8.67. The Morgan fingerprint density at radius 2 is 2.00 bits per heavy atom. The summed E-state index contributed by atoms with van der Waals surface area (Å²) in [7, 11) is 0. The molecule has 24 heavy (non-hydrogen) atoms. The molecule has 0 aliphatic rings. The molecule has 0 saturated carbocycles. The minimum Gasteiger partial charge on any atom is -0.465 e. The van der Waals surface area contributed by atoms with Crippen LogP contribution >= 0.6 is 11.3 Å². The highest BCUT2D eigenvalue weighted by Gasteiger charge is 2.22. The highest BCUT2D eigenvalue weighted by molar-refractivity contribution is 7.09. The Bertz CT molecular complexity index is 650. The number of hydrogen-bond acceptors (Lipinski definition) is 5. The van der Waals surface area contributed by atoms with Crippen LogP contribution < -0.4 is 10.6 Å². The molecule has 0 fully saturated rings. The van der Waals surface area contributed by atoms with Crippen molar-refractivity contribution in [3.8, 4) is 0 Å². The van der Waals surface area contributed by atoms with E-state index < -0.39 is 29.9 Å². The van der Waals surface area contributed by atoms with E-state index in [0.29, 0.717) is 6.54 Å². The normalized spacial score (nSPS) is 13.5. The zero-order valence-corrected chi connectivity index (χ0v) is 13.4. The van der Waals surface area contributed by atoms with E-state index in [9.17, 15) is 18.7 Å². The van der Waals surface area contributed by atoms with Crippen molar-refractivity contribution in [2.24, 2.45) is 0 Å². The number of amides is 1. The molecule has 2 aromatic rings. The zero-order chi connectivity index (χ0) is 17.5. The van der Waals surface area contributed by atoms with E-state index in [2.05, 4.69) is 15.6 Å². The third-order valence-corrected chi connectivity index (χ3v) is 4.07. The first-order chi connectivity index (χ1) is 11.4. The van der Waals surface area contributed by atoms with Crippen molar-refractivity contribution in [3.05, 3.63) is 52.0 Å². The summed E-state index contributed by atoms with van der Waals surface area (Å²) in [5.41, 5.74) is 1.94. The Labute approximate surface area is 141 Å². The molecule has 0 radical (unpaired) electrons. The predicted molar refractivity (Wildman–Crippen MR) is 84.8 cm³/mol. The molecule has 1 amide bonds. The molecular weight excluding hydrogens is 340 g/mol. The first-order valence-corrected chi connectivity index (χ1v) is 8.02. The summed E-state index contributed by atoms with van der Waals surface area (Å²) >= 11 is 1.45. The van der Waals surface area contributed by atoms with Crippen LogP contribution in [0.3, 0.4) is 0 Å². The van der Waals surface area contributed by atoms with Gasteiger partial charge in [-0.1, -0.05) is 0 Å². The van der Waals surface area contributed by atoms with Crippen LogP contribution in [0.25, 0.3) is 0 Å². The van der Waals surface area contributed by atoms with Crippen molar-refractivity contribution in [1.82, 2.24) is 15.6 Å². The predicted octanol–water partition coefficient (Wildman–Crippen LogP) is 1.75. The molecule has 2 rings (SSSR count). The summed E-state index contributed by atoms with van der Waals surface area (Å²) in [5.74, 6) is -1.51. The Morgan fingerprint density at radius 1 is 1.29 bits per heavy atom. The Hall–Kier alpha value is -2.10. The molecule has 2 atom stereocenters. The van der Waals surface area contributed by atoms with E-state index >= 15 is 0 Å². The molecule has 130 valence electrons. The molecule has 1 aromatic heterocycles. The zero-order valence-electron chi connectivity index (χ0n) is 12.6. The molecule has 0 saturated heterocycles. The molecule has 0 bridgehead atoms. The first-order valence-electron chi connectivity index (χ1n) is 7.14. The number of rotatable bonds is 8. The SMILES string of the molecule is O=C(O)NC(Cc1cc(F)cc(F)c1)C(O)CNCc1cncs1. The molecule has 0 aliphatic heterocycles. The van der Waals surface area contributed by atoms with Gasteiger partial charge in [0.15, 0.2) is 0 Å². The Morgan fingerprint density at radius 3 is 2.58 bits per heavy atom. The van der Waals surface area contributed by atoms with E-state index in [-0.39, 0.29) is 18.5 Å². The van der Waals surface area contributed by atoms with Crippen LogP contribution in [0.15, 0.2) is 29.9 Å². The number of benzene rings is 1. The van der Waals surface area contributed by atoms with Crippen molar-refractivity contribution in [2.45, 2.75) is 25.1 Å². The fraction of sp³-hybridized carbons (Fsp3) is 0.333. The molecular formula is C15H17F2N3O3S. The van der Waals surface area contributed by atoms with Gasteiger partial charge in [0.05, 0.1) is 17.7 Å². The maximum absolute atomic E-state index is 13.2. The molecule has 0 spiro atoms. The second-order valence-corrected chi connectivity index (χ2v) is 6.17. The number of thiazole rings is 1. The molecule has 1 aromatic carbocycles. The number of nitrogens with zero attached hydrogens (tertiary/aromatic N) is 1. The van der Waals surface area contributed by atoms with Gasteiger partial charge in [-0.3, -0.25) is 4.98 Å². The Kier molecular flexibility index (Phi) is 6.59. The number of nitrogens with one attached hydrogen (secondary N) is 2. The van der Waals surface area contributed by atoms with Crippen LogP contribution in [-0.2, 0) is 13.0 Å². The fourth-order valence-electron chi connectivity index (χ4n) is 2.24. The van der Waals surface area contributed by atoms with E-state index in [0.717, 1.165) is 23.1 Å². The summed E-state index contributed by atoms with van der Waals surface area (Å²) in [6, 6.07) is 2.04. The van der Waals surface area contributed by atoms with Gasteiger partial charge in [-0.2, -0.15) is 0 Å². The summed E-state index contributed by atoms with van der Waals surface area (Å²) in [5, 5.41) is 24.3.